The van der Waals surface area contributed by atoms with E-state index >= 15 is 0 Å². The fraction of sp³-hybridized carbons (Fsp3) is 0.739. The summed E-state index contributed by atoms with van der Waals surface area (Å²) in [5.41, 5.74) is 5.80. The second kappa shape index (κ2) is 10.3. The third-order valence-corrected chi connectivity index (χ3v) is 9.43. The van der Waals surface area contributed by atoms with Crippen molar-refractivity contribution in [2.45, 2.75) is 69.0 Å². The highest BCUT2D eigenvalue weighted by Crippen LogP contribution is 2.52. The van der Waals surface area contributed by atoms with Crippen LogP contribution in [0, 0.1) is 23.7 Å². The van der Waals surface area contributed by atoms with Crippen LogP contribution >= 0.6 is 11.8 Å². The predicted molar refractivity (Wildman–Crippen MR) is 125 cm³/mol. The predicted octanol–water partition coefficient (Wildman–Crippen LogP) is 0.885. The fourth-order valence-corrected chi connectivity index (χ4v) is 7.69. The molecule has 3 aliphatic heterocycles. The molecular formula is C23H31F3N4O5S. The number of hydrogen-bond donors (Lipinski definition) is 4. The van der Waals surface area contributed by atoms with E-state index in [-0.39, 0.29) is 28.7 Å². The number of β-lactam (4-membered cyclic amide) rings is 1. The summed E-state index contributed by atoms with van der Waals surface area (Å²) in [7, 11) is 0. The van der Waals surface area contributed by atoms with Crippen LogP contribution in [0.4, 0.5) is 13.2 Å². The van der Waals surface area contributed by atoms with Crippen LogP contribution in [0.25, 0.3) is 0 Å². The molecule has 0 spiro atoms. The van der Waals surface area contributed by atoms with E-state index in [0.29, 0.717) is 30.7 Å². The fourth-order valence-electron chi connectivity index (χ4n) is 6.21. The van der Waals surface area contributed by atoms with E-state index < -0.39 is 66.8 Å². The molecule has 1 saturated carbocycles. The average molecular weight is 533 g/mol. The van der Waals surface area contributed by atoms with Gasteiger partial charge in [0.15, 0.2) is 5.78 Å². The van der Waals surface area contributed by atoms with Crippen molar-refractivity contribution in [2.24, 2.45) is 29.4 Å². The lowest BCUT2D eigenvalue weighted by atomic mass is 9.78. The standard InChI is InChI=1S/C23H31F3N4O5S/c1-8-16-15(9(2)29-21(32)20(25)26)22(33)30(16)17(23(34)35)19(8)36-12-5-14(28-7-12)18(31)13-4-11(27)3-10(13)6-24/h8-16,20,28H,3-7,27H2,1-2H3,(H,29,32)(H,34,35)/t8-,9-,10+,11+,12+,13?,14+,15-,16-/m1/s1. The van der Waals surface area contributed by atoms with Crippen molar-refractivity contribution in [3.63, 3.8) is 0 Å². The maximum Gasteiger partial charge on any atom is 0.353 e. The molecule has 4 aliphatic rings. The van der Waals surface area contributed by atoms with E-state index in [1.54, 1.807) is 6.92 Å². The topological polar surface area (TPSA) is 142 Å². The van der Waals surface area contributed by atoms with Crippen LogP contribution in [0.15, 0.2) is 10.6 Å². The van der Waals surface area contributed by atoms with Crippen LogP contribution < -0.4 is 16.4 Å². The summed E-state index contributed by atoms with van der Waals surface area (Å²) in [5.74, 6) is -5.38. The Labute approximate surface area is 210 Å². The van der Waals surface area contributed by atoms with Crippen LogP contribution in [-0.4, -0.2) is 82.6 Å². The van der Waals surface area contributed by atoms with Crippen molar-refractivity contribution in [2.75, 3.05) is 13.2 Å². The minimum Gasteiger partial charge on any atom is -0.477 e. The number of halogens is 3. The number of Topliss-reactive ketones (excluding diaryl/α,β-unsaturated/α-hetero) is 1. The van der Waals surface area contributed by atoms with Gasteiger partial charge in [-0.15, -0.1) is 11.8 Å². The second-order valence-corrected chi connectivity index (χ2v) is 11.6. The number of carbonyl (C=O) groups is 4. The Kier molecular flexibility index (Phi) is 7.73. The largest absolute Gasteiger partial charge is 0.477 e. The number of fused-ring (bicyclic) bond motifs is 1. The minimum absolute atomic E-state index is 0.0664. The molecule has 5 N–H and O–H groups in total. The number of carboxylic acids is 1. The molecule has 1 aliphatic carbocycles. The molecule has 0 radical (unpaired) electrons. The van der Waals surface area contributed by atoms with E-state index in [1.165, 1.54) is 23.6 Å². The van der Waals surface area contributed by atoms with Gasteiger partial charge in [-0.1, -0.05) is 6.92 Å². The molecule has 2 amide bonds. The number of carbonyl (C=O) groups excluding carboxylic acids is 3. The Bertz CT molecular complexity index is 981. The van der Waals surface area contributed by atoms with Gasteiger partial charge >= 0.3 is 12.4 Å². The average Bonchev–Trinajstić information content (AvgIpc) is 3.49. The Morgan fingerprint density at radius 3 is 2.58 bits per heavy atom. The van der Waals surface area contributed by atoms with Crippen LogP contribution in [0.5, 0.6) is 0 Å². The van der Waals surface area contributed by atoms with Gasteiger partial charge < -0.3 is 26.4 Å². The number of amides is 2. The summed E-state index contributed by atoms with van der Waals surface area (Å²) >= 11 is 1.30. The molecule has 0 bridgehead atoms. The zero-order valence-electron chi connectivity index (χ0n) is 20.0. The Morgan fingerprint density at radius 1 is 1.28 bits per heavy atom. The molecule has 0 aromatic heterocycles. The van der Waals surface area contributed by atoms with Crippen molar-refractivity contribution in [1.82, 2.24) is 15.5 Å². The molecule has 13 heteroatoms. The monoisotopic (exact) mass is 532 g/mol. The highest BCUT2D eigenvalue weighted by atomic mass is 32.2. The van der Waals surface area contributed by atoms with Gasteiger partial charge in [0.2, 0.25) is 5.91 Å². The molecule has 2 saturated heterocycles. The summed E-state index contributed by atoms with van der Waals surface area (Å²) in [5, 5.41) is 15.0. The van der Waals surface area contributed by atoms with Crippen molar-refractivity contribution in [3.05, 3.63) is 10.6 Å². The quantitative estimate of drug-likeness (QED) is 0.321. The molecule has 4 rings (SSSR count). The van der Waals surface area contributed by atoms with Gasteiger partial charge in [-0.3, -0.25) is 18.8 Å². The third-order valence-electron chi connectivity index (χ3n) is 7.92. The number of nitrogens with one attached hydrogen (secondary N) is 2. The van der Waals surface area contributed by atoms with E-state index in [2.05, 4.69) is 10.6 Å². The number of hydrogen-bond acceptors (Lipinski definition) is 7. The van der Waals surface area contributed by atoms with Crippen LogP contribution in [0.2, 0.25) is 0 Å². The first-order valence-electron chi connectivity index (χ1n) is 12.1. The first-order valence-corrected chi connectivity index (χ1v) is 13.0. The second-order valence-electron chi connectivity index (χ2n) is 10.2. The summed E-state index contributed by atoms with van der Waals surface area (Å²) < 4.78 is 38.7. The maximum atomic E-state index is 13.4. The molecule has 200 valence electrons. The lowest BCUT2D eigenvalue weighted by Crippen LogP contribution is -2.66. The highest BCUT2D eigenvalue weighted by molar-refractivity contribution is 8.03. The Morgan fingerprint density at radius 2 is 1.97 bits per heavy atom. The number of nitrogens with zero attached hydrogens (tertiary/aromatic N) is 1. The molecule has 0 aromatic rings. The van der Waals surface area contributed by atoms with Crippen molar-refractivity contribution < 1.29 is 37.5 Å². The number of nitrogens with two attached hydrogens (primary N) is 1. The van der Waals surface area contributed by atoms with E-state index in [1.807, 2.05) is 0 Å². The molecule has 9 nitrogen and oxygen atoms in total. The Balaban J connectivity index is 1.44. The van der Waals surface area contributed by atoms with E-state index in [4.69, 9.17) is 5.73 Å². The van der Waals surface area contributed by atoms with Gasteiger partial charge in [-0.25, -0.2) is 4.79 Å². The number of rotatable bonds is 9. The third kappa shape index (κ3) is 4.65. The molecule has 36 heavy (non-hydrogen) atoms. The van der Waals surface area contributed by atoms with Crippen LogP contribution in [0.3, 0.4) is 0 Å². The van der Waals surface area contributed by atoms with Crippen LogP contribution in [-0.2, 0) is 19.2 Å². The van der Waals surface area contributed by atoms with E-state index in [9.17, 15) is 37.5 Å². The van der Waals surface area contributed by atoms with Crippen molar-refractivity contribution in [3.8, 4) is 0 Å². The summed E-state index contributed by atoms with van der Waals surface area (Å²) in [6, 6.07) is -2.14. The lowest BCUT2D eigenvalue weighted by Gasteiger charge is -2.47. The van der Waals surface area contributed by atoms with Gasteiger partial charge in [0.25, 0.3) is 5.91 Å². The Hall–Kier alpha value is -2.12. The summed E-state index contributed by atoms with van der Waals surface area (Å²) in [6.07, 6.45) is -1.85. The maximum absolute atomic E-state index is 13.4. The van der Waals surface area contributed by atoms with Crippen molar-refractivity contribution >= 4 is 35.3 Å². The number of ketones is 1. The van der Waals surface area contributed by atoms with E-state index in [0.717, 1.165) is 0 Å². The van der Waals surface area contributed by atoms with Gasteiger partial charge in [-0.2, -0.15) is 8.78 Å². The van der Waals surface area contributed by atoms with Gasteiger partial charge in [0.05, 0.1) is 24.7 Å². The summed E-state index contributed by atoms with van der Waals surface area (Å²) in [4.78, 5) is 51.1. The molecule has 3 heterocycles. The minimum atomic E-state index is -3.22. The highest BCUT2D eigenvalue weighted by Gasteiger charge is 2.60. The lowest BCUT2D eigenvalue weighted by molar-refractivity contribution is -0.159. The number of thioether (sulfide) groups is 1. The molecule has 0 aromatic carbocycles. The van der Waals surface area contributed by atoms with Gasteiger partial charge in [-0.05, 0) is 32.1 Å². The molecule has 9 atom stereocenters. The number of alkyl halides is 3. The smallest absolute Gasteiger partial charge is 0.353 e. The first-order chi connectivity index (χ1) is 17.0. The zero-order chi connectivity index (χ0) is 26.5. The van der Waals surface area contributed by atoms with Crippen LogP contribution in [0.1, 0.15) is 33.1 Å². The normalized spacial score (nSPS) is 36.8. The number of aliphatic carboxylic acids is 1. The summed E-state index contributed by atoms with van der Waals surface area (Å²) in [6.45, 7) is 3.07. The zero-order valence-corrected chi connectivity index (χ0v) is 20.8. The SMILES string of the molecule is C[C@@H](NC(=O)C(F)F)[C@H]1C(=O)N2C(C(=O)O)=C(S[C@@H]3CN[C@H](C(=O)C4C[C@@H](N)C[C@H]4CF)C3)[C@H](C)[C@H]12. The van der Waals surface area contributed by atoms with Crippen molar-refractivity contribution in [1.29, 1.82) is 0 Å². The molecule has 1 unspecified atom stereocenters. The van der Waals surface area contributed by atoms with Gasteiger partial charge in [0.1, 0.15) is 5.70 Å². The number of carboxylic acid groups (broad SMARTS) is 1. The molecular weight excluding hydrogens is 501 g/mol. The van der Waals surface area contributed by atoms with Gasteiger partial charge in [0, 0.05) is 40.6 Å². The first kappa shape index (κ1) is 26.9. The molecule has 3 fully saturated rings.